The molecule has 0 spiro atoms. The van der Waals surface area contributed by atoms with Gasteiger partial charge in [-0.25, -0.2) is 0 Å². The molecule has 2 saturated carbocycles. The third-order valence-corrected chi connectivity index (χ3v) is 4.86. The van der Waals surface area contributed by atoms with Crippen LogP contribution in [0.4, 0.5) is 0 Å². The summed E-state index contributed by atoms with van der Waals surface area (Å²) in [7, 11) is 1.63. The van der Waals surface area contributed by atoms with Crippen LogP contribution >= 0.6 is 11.8 Å². The molecule has 0 radical (unpaired) electrons. The zero-order chi connectivity index (χ0) is 14.8. The molecule has 116 valence electrons. The van der Waals surface area contributed by atoms with E-state index in [0.717, 1.165) is 11.0 Å². The van der Waals surface area contributed by atoms with Crippen LogP contribution in [0.5, 0.6) is 0 Å². The number of methoxy groups -OCH3 is 1. The van der Waals surface area contributed by atoms with Gasteiger partial charge < -0.3 is 14.6 Å². The molecule has 7 heteroatoms. The summed E-state index contributed by atoms with van der Waals surface area (Å²) in [6.45, 7) is 2.99. The lowest BCUT2D eigenvalue weighted by Gasteiger charge is -2.13. The van der Waals surface area contributed by atoms with E-state index in [1.807, 2.05) is 6.92 Å². The maximum Gasteiger partial charge on any atom is 0.233 e. The highest BCUT2D eigenvalue weighted by atomic mass is 32.2. The molecule has 1 amide bonds. The molecule has 1 aromatic rings. The van der Waals surface area contributed by atoms with Gasteiger partial charge in [-0.1, -0.05) is 11.8 Å². The minimum absolute atomic E-state index is 0.0235. The fourth-order valence-electron chi connectivity index (χ4n) is 2.30. The maximum absolute atomic E-state index is 12.0. The Hall–Kier alpha value is -1.08. The first-order chi connectivity index (χ1) is 10.2. The fraction of sp³-hybridized carbons (Fsp3) is 0.786. The van der Waals surface area contributed by atoms with Crippen molar-refractivity contribution in [3.8, 4) is 0 Å². The summed E-state index contributed by atoms with van der Waals surface area (Å²) in [5.74, 6) is 1.75. The van der Waals surface area contributed by atoms with Crippen LogP contribution in [-0.2, 0) is 9.53 Å². The van der Waals surface area contributed by atoms with Crippen LogP contribution < -0.4 is 5.32 Å². The Morgan fingerprint density at radius 1 is 1.43 bits per heavy atom. The summed E-state index contributed by atoms with van der Waals surface area (Å²) >= 11 is 1.51. The largest absolute Gasteiger partial charge is 0.383 e. The Morgan fingerprint density at radius 2 is 2.19 bits per heavy atom. The molecule has 1 aromatic heterocycles. The quantitative estimate of drug-likeness (QED) is 0.585. The van der Waals surface area contributed by atoms with Crippen molar-refractivity contribution in [2.24, 2.45) is 0 Å². The molecule has 1 N–H and O–H groups in total. The fourth-order valence-corrected chi connectivity index (χ4v) is 3.25. The van der Waals surface area contributed by atoms with Crippen LogP contribution in [0.25, 0.3) is 0 Å². The van der Waals surface area contributed by atoms with Crippen LogP contribution in [0.2, 0.25) is 0 Å². The summed E-state index contributed by atoms with van der Waals surface area (Å²) in [5.41, 5.74) is 0. The molecule has 0 saturated heterocycles. The van der Waals surface area contributed by atoms with Gasteiger partial charge in [-0.3, -0.25) is 4.79 Å². The smallest absolute Gasteiger partial charge is 0.233 e. The molecule has 2 fully saturated rings. The summed E-state index contributed by atoms with van der Waals surface area (Å²) < 4.78 is 7.22. The van der Waals surface area contributed by atoms with Gasteiger partial charge in [0.2, 0.25) is 5.91 Å². The molecule has 2 aliphatic rings. The number of aromatic nitrogens is 3. The van der Waals surface area contributed by atoms with Crippen LogP contribution in [0.1, 0.15) is 50.4 Å². The minimum atomic E-state index is -0.171. The van der Waals surface area contributed by atoms with E-state index < -0.39 is 0 Å². The highest BCUT2D eigenvalue weighted by Crippen LogP contribution is 2.46. The van der Waals surface area contributed by atoms with Crippen LogP contribution in [0, 0.1) is 0 Å². The maximum atomic E-state index is 12.0. The van der Waals surface area contributed by atoms with Crippen molar-refractivity contribution >= 4 is 17.7 Å². The molecule has 2 aliphatic carbocycles. The number of rotatable bonds is 8. The predicted molar refractivity (Wildman–Crippen MR) is 80.5 cm³/mol. The highest BCUT2D eigenvalue weighted by Gasteiger charge is 2.36. The lowest BCUT2D eigenvalue weighted by Crippen LogP contribution is -2.33. The van der Waals surface area contributed by atoms with Crippen molar-refractivity contribution in [1.82, 2.24) is 20.1 Å². The van der Waals surface area contributed by atoms with Gasteiger partial charge in [0.25, 0.3) is 0 Å². The standard InChI is InChI=1S/C14H22N4O2S/c1-9(13(19)15-7-8-20-2)21-14-17-16-12(10-3-4-10)18(14)11-5-6-11/h9-11H,3-8H2,1-2H3,(H,15,19)/t9-/m0/s1. The molecule has 21 heavy (non-hydrogen) atoms. The topological polar surface area (TPSA) is 69.0 Å². The molecule has 0 aromatic carbocycles. The van der Waals surface area contributed by atoms with Gasteiger partial charge in [-0.15, -0.1) is 10.2 Å². The number of ether oxygens (including phenoxy) is 1. The molecule has 1 heterocycles. The molecule has 0 aliphatic heterocycles. The number of carbonyl (C=O) groups excluding carboxylic acids is 1. The van der Waals surface area contributed by atoms with E-state index in [4.69, 9.17) is 4.74 Å². The normalized spacial score (nSPS) is 19.5. The molecule has 1 atom stereocenters. The first kappa shape index (κ1) is 14.8. The number of carbonyl (C=O) groups is 1. The van der Waals surface area contributed by atoms with Gasteiger partial charge in [0.15, 0.2) is 5.16 Å². The monoisotopic (exact) mass is 310 g/mol. The van der Waals surface area contributed by atoms with Crippen molar-refractivity contribution in [3.63, 3.8) is 0 Å². The van der Waals surface area contributed by atoms with Gasteiger partial charge >= 0.3 is 0 Å². The van der Waals surface area contributed by atoms with E-state index in [1.54, 1.807) is 7.11 Å². The van der Waals surface area contributed by atoms with Crippen molar-refractivity contribution in [2.75, 3.05) is 20.3 Å². The van der Waals surface area contributed by atoms with E-state index >= 15 is 0 Å². The predicted octanol–water partition coefficient (Wildman–Crippen LogP) is 1.73. The Balaban J connectivity index is 1.62. The van der Waals surface area contributed by atoms with E-state index in [-0.39, 0.29) is 11.2 Å². The summed E-state index contributed by atoms with van der Waals surface area (Å²) in [6, 6.07) is 0.557. The van der Waals surface area contributed by atoms with Gasteiger partial charge in [0.1, 0.15) is 5.82 Å². The van der Waals surface area contributed by atoms with Crippen LogP contribution in [0.3, 0.4) is 0 Å². The Morgan fingerprint density at radius 3 is 2.81 bits per heavy atom. The van der Waals surface area contributed by atoms with E-state index in [0.29, 0.717) is 25.1 Å². The molecule has 0 unspecified atom stereocenters. The number of amides is 1. The second-order valence-corrected chi connectivity index (χ2v) is 7.07. The molecular weight excluding hydrogens is 288 g/mol. The Bertz CT molecular complexity index is 511. The first-order valence-corrected chi connectivity index (χ1v) is 8.46. The lowest BCUT2D eigenvalue weighted by atomic mass is 10.4. The number of nitrogens with zero attached hydrogens (tertiary/aromatic N) is 3. The van der Waals surface area contributed by atoms with Crippen LogP contribution in [0.15, 0.2) is 5.16 Å². The van der Waals surface area contributed by atoms with Crippen molar-refractivity contribution in [3.05, 3.63) is 5.82 Å². The second kappa shape index (κ2) is 6.36. The van der Waals surface area contributed by atoms with Gasteiger partial charge in [-0.2, -0.15) is 0 Å². The molecule has 3 rings (SSSR count). The lowest BCUT2D eigenvalue weighted by molar-refractivity contribution is -0.120. The number of hydrogen-bond donors (Lipinski definition) is 1. The summed E-state index contributed by atoms with van der Waals surface area (Å²) in [5, 5.41) is 12.3. The Labute approximate surface area is 129 Å². The van der Waals surface area contributed by atoms with E-state index in [9.17, 15) is 4.79 Å². The molecule has 0 bridgehead atoms. The first-order valence-electron chi connectivity index (χ1n) is 7.58. The van der Waals surface area contributed by atoms with Gasteiger partial charge in [0.05, 0.1) is 11.9 Å². The number of thioether (sulfide) groups is 1. The number of nitrogens with one attached hydrogen (secondary N) is 1. The third-order valence-electron chi connectivity index (χ3n) is 3.80. The minimum Gasteiger partial charge on any atom is -0.383 e. The highest BCUT2D eigenvalue weighted by molar-refractivity contribution is 8.00. The van der Waals surface area contributed by atoms with Crippen LogP contribution in [-0.4, -0.2) is 46.2 Å². The zero-order valence-corrected chi connectivity index (χ0v) is 13.4. The number of hydrogen-bond acceptors (Lipinski definition) is 5. The van der Waals surface area contributed by atoms with E-state index in [1.165, 1.54) is 37.4 Å². The molecule has 6 nitrogen and oxygen atoms in total. The van der Waals surface area contributed by atoms with Crippen molar-refractivity contribution in [1.29, 1.82) is 0 Å². The van der Waals surface area contributed by atoms with Crippen molar-refractivity contribution in [2.45, 2.75) is 55.0 Å². The third kappa shape index (κ3) is 3.58. The SMILES string of the molecule is COCCNC(=O)[C@H](C)Sc1nnc(C2CC2)n1C1CC1. The van der Waals surface area contributed by atoms with E-state index in [2.05, 4.69) is 20.1 Å². The average Bonchev–Trinajstić information content (AvgIpc) is 3.38. The van der Waals surface area contributed by atoms with Crippen molar-refractivity contribution < 1.29 is 9.53 Å². The second-order valence-electron chi connectivity index (χ2n) is 5.76. The Kier molecular flexibility index (Phi) is 4.49. The summed E-state index contributed by atoms with van der Waals surface area (Å²) in [6.07, 6.45) is 4.87. The average molecular weight is 310 g/mol. The van der Waals surface area contributed by atoms with Gasteiger partial charge in [-0.05, 0) is 32.6 Å². The van der Waals surface area contributed by atoms with Gasteiger partial charge in [0, 0.05) is 25.6 Å². The summed E-state index contributed by atoms with van der Waals surface area (Å²) in [4.78, 5) is 12.0. The molecular formula is C14H22N4O2S. The zero-order valence-electron chi connectivity index (χ0n) is 12.5.